The zero-order chi connectivity index (χ0) is 12.3. The summed E-state index contributed by atoms with van der Waals surface area (Å²) in [5.41, 5.74) is 5.61. The number of carbonyl (C=O) groups excluding carboxylic acids is 2. The first-order chi connectivity index (χ1) is 8.12. The summed E-state index contributed by atoms with van der Waals surface area (Å²) in [5, 5.41) is 4.85. The number of primary amides is 1. The first-order valence-corrected chi connectivity index (χ1v) is 5.56. The van der Waals surface area contributed by atoms with Crippen LogP contribution < -0.4 is 16.4 Å². The summed E-state index contributed by atoms with van der Waals surface area (Å²) in [6.07, 6.45) is 2.82. The van der Waals surface area contributed by atoms with Crippen molar-refractivity contribution in [2.75, 3.05) is 0 Å². The molecule has 4 N–H and O–H groups in total. The number of imide groups is 1. The van der Waals surface area contributed by atoms with Gasteiger partial charge < -0.3 is 11.1 Å². The molecular formula is C12H15N3O2. The molecule has 0 aromatic heterocycles. The lowest BCUT2D eigenvalue weighted by Gasteiger charge is -2.42. The summed E-state index contributed by atoms with van der Waals surface area (Å²) >= 11 is 0. The minimum atomic E-state index is -0.843. The molecule has 5 nitrogen and oxygen atoms in total. The Morgan fingerprint density at radius 2 is 1.82 bits per heavy atom. The largest absolute Gasteiger partial charge is 0.351 e. The van der Waals surface area contributed by atoms with Crippen LogP contribution in [0.4, 0.5) is 9.59 Å². The highest BCUT2D eigenvalue weighted by molar-refractivity contribution is 5.92. The molecule has 0 bridgehead atoms. The van der Waals surface area contributed by atoms with Gasteiger partial charge in [0.15, 0.2) is 0 Å². The Hall–Kier alpha value is -2.04. The summed E-state index contributed by atoms with van der Waals surface area (Å²) in [7, 11) is 0. The molecule has 0 aliphatic heterocycles. The fourth-order valence-corrected chi connectivity index (χ4v) is 2.13. The maximum atomic E-state index is 11.5. The van der Waals surface area contributed by atoms with E-state index in [9.17, 15) is 9.59 Å². The Labute approximate surface area is 99.4 Å². The number of urea groups is 2. The van der Waals surface area contributed by atoms with Gasteiger partial charge in [-0.15, -0.1) is 0 Å². The monoisotopic (exact) mass is 233 g/mol. The molecule has 2 rings (SSSR count). The van der Waals surface area contributed by atoms with Crippen molar-refractivity contribution >= 4 is 12.1 Å². The normalized spacial score (nSPS) is 16.7. The molecule has 0 radical (unpaired) electrons. The number of nitrogens with one attached hydrogen (secondary N) is 2. The average Bonchev–Trinajstić information content (AvgIpc) is 2.24. The van der Waals surface area contributed by atoms with Crippen molar-refractivity contribution < 1.29 is 9.59 Å². The van der Waals surface area contributed by atoms with Crippen molar-refractivity contribution in [1.29, 1.82) is 0 Å². The van der Waals surface area contributed by atoms with Gasteiger partial charge in [-0.1, -0.05) is 30.3 Å². The van der Waals surface area contributed by atoms with Gasteiger partial charge in [0, 0.05) is 0 Å². The van der Waals surface area contributed by atoms with Gasteiger partial charge in [-0.05, 0) is 24.8 Å². The summed E-state index contributed by atoms with van der Waals surface area (Å²) in [4.78, 5) is 22.1. The fraction of sp³-hybridized carbons (Fsp3) is 0.333. The third-order valence-electron chi connectivity index (χ3n) is 3.12. The van der Waals surface area contributed by atoms with Gasteiger partial charge >= 0.3 is 12.1 Å². The Morgan fingerprint density at radius 3 is 2.29 bits per heavy atom. The summed E-state index contributed by atoms with van der Waals surface area (Å²) in [6, 6.07) is 8.37. The highest BCUT2D eigenvalue weighted by Crippen LogP contribution is 2.40. The van der Waals surface area contributed by atoms with Gasteiger partial charge in [-0.3, -0.25) is 5.32 Å². The number of carbonyl (C=O) groups is 2. The second-order valence-electron chi connectivity index (χ2n) is 4.25. The minimum Gasteiger partial charge on any atom is -0.351 e. The van der Waals surface area contributed by atoms with Gasteiger partial charge in [-0.25, -0.2) is 9.59 Å². The predicted octanol–water partition coefficient (Wildman–Crippen LogP) is 1.44. The van der Waals surface area contributed by atoms with E-state index in [2.05, 4.69) is 5.32 Å². The van der Waals surface area contributed by atoms with Crippen LogP contribution in [-0.2, 0) is 5.54 Å². The molecule has 5 heteroatoms. The first kappa shape index (κ1) is 11.4. The van der Waals surface area contributed by atoms with Crippen LogP contribution in [0, 0.1) is 0 Å². The molecule has 90 valence electrons. The van der Waals surface area contributed by atoms with Crippen LogP contribution in [0.25, 0.3) is 0 Å². The van der Waals surface area contributed by atoms with E-state index in [1.54, 1.807) is 0 Å². The second kappa shape index (κ2) is 4.45. The van der Waals surface area contributed by atoms with Crippen molar-refractivity contribution in [2.45, 2.75) is 24.8 Å². The molecule has 0 unspecified atom stereocenters. The molecule has 0 saturated heterocycles. The maximum Gasteiger partial charge on any atom is 0.323 e. The molecule has 17 heavy (non-hydrogen) atoms. The van der Waals surface area contributed by atoms with E-state index in [1.165, 1.54) is 0 Å². The molecule has 1 saturated carbocycles. The van der Waals surface area contributed by atoms with Gasteiger partial charge in [0.1, 0.15) is 0 Å². The average molecular weight is 233 g/mol. The van der Waals surface area contributed by atoms with Crippen LogP contribution in [0.1, 0.15) is 24.8 Å². The standard InChI is InChI=1S/C12H15N3O2/c13-10(16)14-11(17)15-12(7-4-8-12)9-5-2-1-3-6-9/h1-3,5-6H,4,7-8H2,(H4,13,14,15,16,17). The summed E-state index contributed by atoms with van der Waals surface area (Å²) in [5.74, 6) is 0. The quantitative estimate of drug-likeness (QED) is 0.722. The molecule has 0 spiro atoms. The number of hydrogen-bond donors (Lipinski definition) is 3. The molecule has 4 amide bonds. The van der Waals surface area contributed by atoms with Crippen LogP contribution in [0.3, 0.4) is 0 Å². The van der Waals surface area contributed by atoms with E-state index in [0.717, 1.165) is 24.8 Å². The Morgan fingerprint density at radius 1 is 1.18 bits per heavy atom. The fourth-order valence-electron chi connectivity index (χ4n) is 2.13. The lowest BCUT2D eigenvalue weighted by atomic mass is 9.72. The van der Waals surface area contributed by atoms with Crippen LogP contribution in [0.5, 0.6) is 0 Å². The molecule has 1 aliphatic carbocycles. The Balaban J connectivity index is 2.11. The van der Waals surface area contributed by atoms with Crippen molar-refractivity contribution in [3.63, 3.8) is 0 Å². The van der Waals surface area contributed by atoms with Crippen molar-refractivity contribution in [3.05, 3.63) is 35.9 Å². The third-order valence-corrected chi connectivity index (χ3v) is 3.12. The van der Waals surface area contributed by atoms with E-state index >= 15 is 0 Å². The van der Waals surface area contributed by atoms with Crippen LogP contribution in [0.15, 0.2) is 30.3 Å². The number of benzene rings is 1. The topological polar surface area (TPSA) is 84.2 Å². The SMILES string of the molecule is NC(=O)NC(=O)NC1(c2ccccc2)CCC1. The highest BCUT2D eigenvalue weighted by atomic mass is 16.2. The van der Waals surface area contributed by atoms with Gasteiger partial charge in [-0.2, -0.15) is 0 Å². The van der Waals surface area contributed by atoms with E-state index in [4.69, 9.17) is 5.73 Å². The van der Waals surface area contributed by atoms with E-state index in [-0.39, 0.29) is 5.54 Å². The number of amides is 4. The molecule has 1 fully saturated rings. The highest BCUT2D eigenvalue weighted by Gasteiger charge is 2.40. The van der Waals surface area contributed by atoms with Crippen LogP contribution in [-0.4, -0.2) is 12.1 Å². The lowest BCUT2D eigenvalue weighted by Crippen LogP contribution is -2.55. The first-order valence-electron chi connectivity index (χ1n) is 5.56. The zero-order valence-electron chi connectivity index (χ0n) is 9.40. The molecule has 0 atom stereocenters. The van der Waals surface area contributed by atoms with Crippen molar-refractivity contribution in [1.82, 2.24) is 10.6 Å². The van der Waals surface area contributed by atoms with E-state index in [1.807, 2.05) is 35.6 Å². The van der Waals surface area contributed by atoms with Gasteiger partial charge in [0.2, 0.25) is 0 Å². The van der Waals surface area contributed by atoms with Crippen molar-refractivity contribution in [2.24, 2.45) is 5.73 Å². The zero-order valence-corrected chi connectivity index (χ0v) is 9.40. The molecule has 1 aromatic rings. The van der Waals surface area contributed by atoms with Crippen molar-refractivity contribution in [3.8, 4) is 0 Å². The van der Waals surface area contributed by atoms with E-state index < -0.39 is 12.1 Å². The molecule has 1 aromatic carbocycles. The maximum absolute atomic E-state index is 11.5. The predicted molar refractivity (Wildman–Crippen MR) is 63.2 cm³/mol. The Kier molecular flexibility index (Phi) is 2.99. The third kappa shape index (κ3) is 2.38. The lowest BCUT2D eigenvalue weighted by molar-refractivity contribution is 0.177. The number of rotatable bonds is 2. The molecule has 1 aliphatic rings. The summed E-state index contributed by atoms with van der Waals surface area (Å²) in [6.45, 7) is 0. The minimum absolute atomic E-state index is 0.346. The smallest absolute Gasteiger partial charge is 0.323 e. The second-order valence-corrected chi connectivity index (χ2v) is 4.25. The number of hydrogen-bond acceptors (Lipinski definition) is 2. The van der Waals surface area contributed by atoms with Gasteiger partial charge in [0.25, 0.3) is 0 Å². The van der Waals surface area contributed by atoms with E-state index in [0.29, 0.717) is 0 Å². The van der Waals surface area contributed by atoms with Crippen LogP contribution >= 0.6 is 0 Å². The molecular weight excluding hydrogens is 218 g/mol. The summed E-state index contributed by atoms with van der Waals surface area (Å²) < 4.78 is 0. The number of nitrogens with two attached hydrogens (primary N) is 1. The van der Waals surface area contributed by atoms with Gasteiger partial charge in [0.05, 0.1) is 5.54 Å². The Bertz CT molecular complexity index is 427. The molecule has 0 heterocycles. The van der Waals surface area contributed by atoms with Crippen LogP contribution in [0.2, 0.25) is 0 Å².